The average Bonchev–Trinajstić information content (AvgIpc) is 2.76. The van der Waals surface area contributed by atoms with E-state index in [9.17, 15) is 5.21 Å². The first kappa shape index (κ1) is 14.6. The molecule has 1 unspecified atom stereocenters. The molecule has 3 rings (SSSR count). The summed E-state index contributed by atoms with van der Waals surface area (Å²) in [4.78, 5) is 0. The lowest BCUT2D eigenvalue weighted by atomic mass is 9.81. The fraction of sp³-hybridized carbons (Fsp3) is 0.316. The van der Waals surface area contributed by atoms with Gasteiger partial charge in [-0.2, -0.15) is 0 Å². The normalized spacial score (nSPS) is 20.2. The van der Waals surface area contributed by atoms with Gasteiger partial charge in [-0.3, -0.25) is 0 Å². The first-order chi connectivity index (χ1) is 10.6. The molecule has 1 aliphatic heterocycles. The van der Waals surface area contributed by atoms with E-state index in [1.54, 1.807) is 0 Å². The standard InChI is InChI=1S/C19H22N2O/c1-19(2)13-17(14-20-16-11-7-4-8-12-16)21(22)18(19)15-9-5-3-6-10-15/h3-12,17,20H,13-14H2,1-2H3. The SMILES string of the molecule is CC1(C)CC(CNc2ccccc2)[N+]([O-])=C1c1ccccc1. The number of hydrogen-bond donors (Lipinski definition) is 1. The second-order valence-corrected chi connectivity index (χ2v) is 6.53. The van der Waals surface area contributed by atoms with Crippen LogP contribution in [0.3, 0.4) is 0 Å². The number of hydrogen-bond acceptors (Lipinski definition) is 2. The Labute approximate surface area is 131 Å². The molecule has 0 aromatic heterocycles. The minimum Gasteiger partial charge on any atom is -0.623 e. The molecule has 22 heavy (non-hydrogen) atoms. The number of para-hydroxylation sites is 1. The van der Waals surface area contributed by atoms with Crippen LogP contribution in [0, 0.1) is 10.6 Å². The Hall–Kier alpha value is -2.29. The van der Waals surface area contributed by atoms with Crippen LogP contribution in [0.1, 0.15) is 25.8 Å². The Bertz CT molecular complexity index is 662. The zero-order valence-electron chi connectivity index (χ0n) is 13.1. The predicted octanol–water partition coefficient (Wildman–Crippen LogP) is 3.90. The van der Waals surface area contributed by atoms with Crippen molar-refractivity contribution < 1.29 is 4.74 Å². The van der Waals surface area contributed by atoms with Gasteiger partial charge in [-0.25, -0.2) is 4.74 Å². The molecule has 114 valence electrons. The van der Waals surface area contributed by atoms with Crippen molar-refractivity contribution >= 4 is 11.4 Å². The summed E-state index contributed by atoms with van der Waals surface area (Å²) >= 11 is 0. The zero-order chi connectivity index (χ0) is 15.6. The third kappa shape index (κ3) is 2.84. The Morgan fingerprint density at radius 1 is 1.05 bits per heavy atom. The van der Waals surface area contributed by atoms with Crippen LogP contribution in [0.5, 0.6) is 0 Å². The summed E-state index contributed by atoms with van der Waals surface area (Å²) in [5.41, 5.74) is 2.88. The largest absolute Gasteiger partial charge is 0.623 e. The Morgan fingerprint density at radius 3 is 2.27 bits per heavy atom. The molecule has 2 aromatic rings. The molecule has 2 aromatic carbocycles. The van der Waals surface area contributed by atoms with Crippen LogP contribution in [0.4, 0.5) is 5.69 Å². The summed E-state index contributed by atoms with van der Waals surface area (Å²) in [6.07, 6.45) is 0.862. The van der Waals surface area contributed by atoms with E-state index in [1.807, 2.05) is 60.7 Å². The summed E-state index contributed by atoms with van der Waals surface area (Å²) < 4.78 is 1.21. The predicted molar refractivity (Wildman–Crippen MR) is 91.3 cm³/mol. The highest BCUT2D eigenvalue weighted by Crippen LogP contribution is 2.35. The summed E-state index contributed by atoms with van der Waals surface area (Å²) in [7, 11) is 0. The van der Waals surface area contributed by atoms with Crippen LogP contribution in [-0.4, -0.2) is 23.0 Å². The van der Waals surface area contributed by atoms with Crippen molar-refractivity contribution in [3.63, 3.8) is 0 Å². The summed E-state index contributed by atoms with van der Waals surface area (Å²) in [6.45, 7) is 4.97. The van der Waals surface area contributed by atoms with E-state index in [1.165, 1.54) is 4.74 Å². The van der Waals surface area contributed by atoms with Gasteiger partial charge in [0.2, 0.25) is 5.71 Å². The lowest BCUT2D eigenvalue weighted by molar-refractivity contribution is -0.487. The van der Waals surface area contributed by atoms with Crippen molar-refractivity contribution in [2.45, 2.75) is 26.3 Å². The average molecular weight is 294 g/mol. The van der Waals surface area contributed by atoms with Gasteiger partial charge in [0.15, 0.2) is 6.04 Å². The van der Waals surface area contributed by atoms with Crippen molar-refractivity contribution in [1.82, 2.24) is 0 Å². The highest BCUT2D eigenvalue weighted by molar-refractivity contribution is 6.01. The van der Waals surface area contributed by atoms with Crippen molar-refractivity contribution in [3.8, 4) is 0 Å². The van der Waals surface area contributed by atoms with Gasteiger partial charge in [-0.05, 0) is 38.1 Å². The van der Waals surface area contributed by atoms with Crippen molar-refractivity contribution in [3.05, 3.63) is 71.4 Å². The highest BCUT2D eigenvalue weighted by atomic mass is 16.5. The maximum atomic E-state index is 12.8. The van der Waals surface area contributed by atoms with E-state index in [2.05, 4.69) is 19.2 Å². The quantitative estimate of drug-likeness (QED) is 0.686. The summed E-state index contributed by atoms with van der Waals surface area (Å²) in [5, 5.41) is 16.2. The number of benzene rings is 2. The maximum Gasteiger partial charge on any atom is 0.200 e. The molecule has 0 spiro atoms. The monoisotopic (exact) mass is 294 g/mol. The molecule has 3 nitrogen and oxygen atoms in total. The second-order valence-electron chi connectivity index (χ2n) is 6.53. The van der Waals surface area contributed by atoms with Crippen LogP contribution >= 0.6 is 0 Å². The molecule has 0 saturated carbocycles. The zero-order valence-corrected chi connectivity index (χ0v) is 13.1. The van der Waals surface area contributed by atoms with E-state index in [4.69, 9.17) is 0 Å². The lowest BCUT2D eigenvalue weighted by Gasteiger charge is -2.15. The first-order valence-electron chi connectivity index (χ1n) is 7.76. The van der Waals surface area contributed by atoms with Crippen LogP contribution in [0.15, 0.2) is 60.7 Å². The number of anilines is 1. The highest BCUT2D eigenvalue weighted by Gasteiger charge is 2.45. The van der Waals surface area contributed by atoms with Gasteiger partial charge >= 0.3 is 0 Å². The number of hydroxylamine groups is 1. The molecule has 0 amide bonds. The van der Waals surface area contributed by atoms with Crippen LogP contribution < -0.4 is 5.32 Å². The van der Waals surface area contributed by atoms with Gasteiger partial charge in [0.1, 0.15) is 0 Å². The molecule has 1 N–H and O–H groups in total. The summed E-state index contributed by atoms with van der Waals surface area (Å²) in [5.74, 6) is 0. The number of nitrogens with zero attached hydrogens (tertiary/aromatic N) is 1. The maximum absolute atomic E-state index is 12.8. The summed E-state index contributed by atoms with van der Waals surface area (Å²) in [6, 6.07) is 20.0. The minimum atomic E-state index is -0.105. The lowest BCUT2D eigenvalue weighted by Crippen LogP contribution is -2.27. The van der Waals surface area contributed by atoms with Crippen molar-refractivity contribution in [2.75, 3.05) is 11.9 Å². The fourth-order valence-electron chi connectivity index (χ4n) is 3.31. The van der Waals surface area contributed by atoms with Gasteiger partial charge in [-0.15, -0.1) is 0 Å². The van der Waals surface area contributed by atoms with Gasteiger partial charge in [-0.1, -0.05) is 36.4 Å². The van der Waals surface area contributed by atoms with Crippen LogP contribution in [0.2, 0.25) is 0 Å². The fourth-order valence-corrected chi connectivity index (χ4v) is 3.31. The Kier molecular flexibility index (Phi) is 3.88. The molecule has 0 bridgehead atoms. The molecule has 0 radical (unpaired) electrons. The smallest absolute Gasteiger partial charge is 0.200 e. The Morgan fingerprint density at radius 2 is 1.64 bits per heavy atom. The molecule has 0 saturated heterocycles. The Balaban J connectivity index is 1.81. The number of nitrogens with one attached hydrogen (secondary N) is 1. The van der Waals surface area contributed by atoms with Crippen LogP contribution in [0.25, 0.3) is 0 Å². The van der Waals surface area contributed by atoms with Crippen LogP contribution in [-0.2, 0) is 0 Å². The van der Waals surface area contributed by atoms with Gasteiger partial charge in [0.25, 0.3) is 0 Å². The molecule has 0 fully saturated rings. The van der Waals surface area contributed by atoms with E-state index in [-0.39, 0.29) is 11.5 Å². The van der Waals surface area contributed by atoms with Crippen molar-refractivity contribution in [2.24, 2.45) is 5.41 Å². The topological polar surface area (TPSA) is 38.1 Å². The van der Waals surface area contributed by atoms with Gasteiger partial charge in [0, 0.05) is 17.7 Å². The third-order valence-corrected chi connectivity index (χ3v) is 4.30. The minimum absolute atomic E-state index is 0.0367. The number of rotatable bonds is 4. The second kappa shape index (κ2) is 5.84. The molecule has 1 heterocycles. The third-order valence-electron chi connectivity index (χ3n) is 4.30. The molecule has 0 aliphatic carbocycles. The molecular formula is C19H22N2O. The molecule has 1 atom stereocenters. The molecule has 1 aliphatic rings. The van der Waals surface area contributed by atoms with Gasteiger partial charge in [0.05, 0.1) is 12.0 Å². The molecule has 3 heteroatoms. The van der Waals surface area contributed by atoms with E-state index in [0.717, 1.165) is 23.4 Å². The van der Waals surface area contributed by atoms with Crippen molar-refractivity contribution in [1.29, 1.82) is 0 Å². The van der Waals surface area contributed by atoms with E-state index < -0.39 is 0 Å². The van der Waals surface area contributed by atoms with E-state index >= 15 is 0 Å². The van der Waals surface area contributed by atoms with E-state index in [0.29, 0.717) is 6.54 Å². The van der Waals surface area contributed by atoms with Gasteiger partial charge < -0.3 is 10.5 Å². The first-order valence-corrected chi connectivity index (χ1v) is 7.76. The molecular weight excluding hydrogens is 272 g/mol.